The summed E-state index contributed by atoms with van der Waals surface area (Å²) in [7, 11) is 0. The Morgan fingerprint density at radius 2 is 1.64 bits per heavy atom. The first-order chi connectivity index (χ1) is 4.13. The molecule has 0 aromatic carbocycles. The molecule has 11 heavy (non-hydrogen) atoms. The summed E-state index contributed by atoms with van der Waals surface area (Å²) in [4.78, 5) is 0. The third-order valence-corrected chi connectivity index (χ3v) is 2.37. The third kappa shape index (κ3) is 2.89. The molecule has 54 valence electrons. The van der Waals surface area contributed by atoms with Gasteiger partial charge in [-0.3, -0.25) is 0 Å². The topological polar surface area (TPSA) is 0 Å². The molecule has 0 bridgehead atoms. The van der Waals surface area contributed by atoms with Crippen LogP contribution in [0.15, 0.2) is 22.8 Å². The summed E-state index contributed by atoms with van der Waals surface area (Å²) in [5.74, 6) is 0.685. The molecule has 0 amide bonds. The molecule has 0 fully saturated rings. The van der Waals surface area contributed by atoms with Gasteiger partial charge in [0.1, 0.15) is 0 Å². The van der Waals surface area contributed by atoms with Crippen molar-refractivity contribution < 1.29 is 40.6 Å². The number of hydrogen-bond donors (Lipinski definition) is 0. The van der Waals surface area contributed by atoms with E-state index in [4.69, 9.17) is 0 Å². The minimum atomic E-state index is 0. The molecule has 0 nitrogen and oxygen atoms in total. The van der Waals surface area contributed by atoms with Crippen molar-refractivity contribution in [3.05, 3.63) is 22.8 Å². The summed E-state index contributed by atoms with van der Waals surface area (Å²) in [6, 6.07) is 0. The average Bonchev–Trinajstić information content (AvgIpc) is 1.98. The second kappa shape index (κ2) is 5.34. The van der Waals surface area contributed by atoms with Crippen molar-refractivity contribution in [2.45, 2.75) is 27.7 Å². The Hall–Kier alpha value is 0.675. The first kappa shape index (κ1) is 14.2. The minimum absolute atomic E-state index is 0. The van der Waals surface area contributed by atoms with E-state index in [1.54, 1.807) is 0 Å². The SMILES string of the molecule is CC1=CC(C)C(C)=C1C.[H-].[H-].[Li+].[Li+]. The Balaban J connectivity index is -0.000000101. The van der Waals surface area contributed by atoms with Gasteiger partial charge in [-0.15, -0.1) is 0 Å². The fourth-order valence-corrected chi connectivity index (χ4v) is 1.28. The average molecular weight is 138 g/mol. The maximum atomic E-state index is 2.32. The van der Waals surface area contributed by atoms with Gasteiger partial charge in [0, 0.05) is 0 Å². The third-order valence-electron chi connectivity index (χ3n) is 2.37. The summed E-state index contributed by atoms with van der Waals surface area (Å²) in [5.41, 5.74) is 4.48. The summed E-state index contributed by atoms with van der Waals surface area (Å²) >= 11 is 0. The van der Waals surface area contributed by atoms with Crippen LogP contribution in [-0.2, 0) is 0 Å². The van der Waals surface area contributed by atoms with Crippen LogP contribution in [0.3, 0.4) is 0 Å². The van der Waals surface area contributed by atoms with Crippen LogP contribution in [0.25, 0.3) is 0 Å². The number of rotatable bonds is 0. The molecular formula is C9H16Li2. The van der Waals surface area contributed by atoms with E-state index >= 15 is 0 Å². The van der Waals surface area contributed by atoms with E-state index in [1.165, 1.54) is 16.7 Å². The van der Waals surface area contributed by atoms with Gasteiger partial charge in [0.2, 0.25) is 0 Å². The summed E-state index contributed by atoms with van der Waals surface area (Å²) < 4.78 is 0. The second-order valence-electron chi connectivity index (χ2n) is 2.95. The molecule has 0 spiro atoms. The molecule has 1 unspecified atom stereocenters. The fourth-order valence-electron chi connectivity index (χ4n) is 1.28. The van der Waals surface area contributed by atoms with E-state index in [0.717, 1.165) is 0 Å². The Morgan fingerprint density at radius 1 is 1.18 bits per heavy atom. The van der Waals surface area contributed by atoms with E-state index in [9.17, 15) is 0 Å². The van der Waals surface area contributed by atoms with Gasteiger partial charge in [-0.25, -0.2) is 0 Å². The smallest absolute Gasteiger partial charge is 1.00 e. The van der Waals surface area contributed by atoms with Crippen molar-refractivity contribution in [1.82, 2.24) is 0 Å². The fraction of sp³-hybridized carbons (Fsp3) is 0.556. The molecule has 0 aliphatic heterocycles. The molecule has 0 heterocycles. The van der Waals surface area contributed by atoms with Crippen molar-refractivity contribution in [2.24, 2.45) is 5.92 Å². The molecular weight excluding hydrogens is 122 g/mol. The standard InChI is InChI=1S/C9H14.2Li.2H/c1-6-5-7(2)9(4)8(6)3;;;;/h5-6H,1-4H3;;;;/q;2*+1;2*-1. The van der Waals surface area contributed by atoms with Crippen LogP contribution in [0.1, 0.15) is 30.5 Å². The quantitative estimate of drug-likeness (QED) is 0.316. The van der Waals surface area contributed by atoms with Crippen molar-refractivity contribution >= 4 is 0 Å². The maximum absolute atomic E-state index is 2.32. The first-order valence-corrected chi connectivity index (χ1v) is 3.49. The van der Waals surface area contributed by atoms with Crippen molar-refractivity contribution in [3.8, 4) is 0 Å². The van der Waals surface area contributed by atoms with Gasteiger partial charge < -0.3 is 2.85 Å². The van der Waals surface area contributed by atoms with E-state index in [0.29, 0.717) is 5.92 Å². The Labute approximate surface area is 96.8 Å². The van der Waals surface area contributed by atoms with Crippen LogP contribution < -0.4 is 37.7 Å². The van der Waals surface area contributed by atoms with E-state index in [2.05, 4.69) is 33.8 Å². The van der Waals surface area contributed by atoms with Crippen LogP contribution >= 0.6 is 0 Å². The maximum Gasteiger partial charge on any atom is 1.00 e. The van der Waals surface area contributed by atoms with Crippen LogP contribution in [0.5, 0.6) is 0 Å². The van der Waals surface area contributed by atoms with Gasteiger partial charge in [0.15, 0.2) is 0 Å². The number of allylic oxidation sites excluding steroid dienone is 4. The van der Waals surface area contributed by atoms with Crippen LogP contribution in [0.4, 0.5) is 0 Å². The van der Waals surface area contributed by atoms with Gasteiger partial charge in [-0.1, -0.05) is 24.1 Å². The van der Waals surface area contributed by atoms with Gasteiger partial charge >= 0.3 is 37.7 Å². The van der Waals surface area contributed by atoms with E-state index < -0.39 is 0 Å². The molecule has 1 atom stereocenters. The zero-order valence-corrected chi connectivity index (χ0v) is 8.65. The number of hydrogen-bond acceptors (Lipinski definition) is 0. The Bertz CT molecular complexity index is 198. The first-order valence-electron chi connectivity index (χ1n) is 3.49. The summed E-state index contributed by atoms with van der Waals surface area (Å²) in [6.45, 7) is 8.84. The van der Waals surface area contributed by atoms with Gasteiger partial charge in [0.05, 0.1) is 0 Å². The minimum Gasteiger partial charge on any atom is -1.00 e. The molecule has 1 aliphatic rings. The summed E-state index contributed by atoms with van der Waals surface area (Å²) in [5, 5.41) is 0. The zero-order chi connectivity index (χ0) is 7.02. The Morgan fingerprint density at radius 3 is 1.73 bits per heavy atom. The van der Waals surface area contributed by atoms with E-state index in [1.807, 2.05) is 0 Å². The van der Waals surface area contributed by atoms with Crippen LogP contribution in [-0.4, -0.2) is 0 Å². The molecule has 0 aromatic heterocycles. The van der Waals surface area contributed by atoms with Crippen LogP contribution in [0.2, 0.25) is 0 Å². The van der Waals surface area contributed by atoms with E-state index in [-0.39, 0.29) is 40.6 Å². The molecule has 0 N–H and O–H groups in total. The summed E-state index contributed by atoms with van der Waals surface area (Å²) in [6.07, 6.45) is 2.32. The predicted octanol–water partition coefficient (Wildman–Crippen LogP) is -2.85. The van der Waals surface area contributed by atoms with Gasteiger partial charge in [-0.05, 0) is 32.3 Å². The van der Waals surface area contributed by atoms with Crippen molar-refractivity contribution in [1.29, 1.82) is 0 Å². The molecule has 2 heteroatoms. The molecule has 0 radical (unpaired) electrons. The monoisotopic (exact) mass is 138 g/mol. The molecule has 0 aromatic rings. The van der Waals surface area contributed by atoms with Crippen molar-refractivity contribution in [3.63, 3.8) is 0 Å². The van der Waals surface area contributed by atoms with Gasteiger partial charge in [0.25, 0.3) is 0 Å². The van der Waals surface area contributed by atoms with Gasteiger partial charge in [-0.2, -0.15) is 0 Å². The Kier molecular flexibility index (Phi) is 6.90. The molecule has 1 aliphatic carbocycles. The molecule has 0 saturated carbocycles. The normalized spacial score (nSPS) is 22.2. The van der Waals surface area contributed by atoms with Crippen LogP contribution in [0, 0.1) is 5.92 Å². The predicted molar refractivity (Wildman–Crippen MR) is 43.5 cm³/mol. The van der Waals surface area contributed by atoms with Crippen molar-refractivity contribution in [2.75, 3.05) is 0 Å². The molecule has 1 rings (SSSR count). The molecule has 0 saturated heterocycles. The zero-order valence-electron chi connectivity index (χ0n) is 10.7. The largest absolute Gasteiger partial charge is 1.00 e. The second-order valence-corrected chi connectivity index (χ2v) is 2.95.